The minimum Gasteiger partial charge on any atom is -0.490 e. The van der Waals surface area contributed by atoms with Crippen molar-refractivity contribution in [1.82, 2.24) is 4.90 Å². The first kappa shape index (κ1) is 24.4. The number of hydrogen-bond acceptors (Lipinski definition) is 5. The van der Waals surface area contributed by atoms with Crippen LogP contribution in [-0.2, 0) is 6.61 Å². The van der Waals surface area contributed by atoms with Gasteiger partial charge in [0.05, 0.1) is 23.6 Å². The Labute approximate surface area is 215 Å². The van der Waals surface area contributed by atoms with E-state index in [1.807, 2.05) is 81.4 Å². The molecule has 188 valence electrons. The van der Waals surface area contributed by atoms with E-state index in [0.717, 1.165) is 22.3 Å². The summed E-state index contributed by atoms with van der Waals surface area (Å²) < 4.78 is 18.1. The van der Waals surface area contributed by atoms with Crippen LogP contribution in [0.1, 0.15) is 51.3 Å². The highest BCUT2D eigenvalue weighted by Crippen LogP contribution is 2.41. The van der Waals surface area contributed by atoms with Gasteiger partial charge in [0.1, 0.15) is 12.2 Å². The van der Waals surface area contributed by atoms with E-state index in [0.29, 0.717) is 41.2 Å². The zero-order valence-electron chi connectivity index (χ0n) is 21.2. The van der Waals surface area contributed by atoms with Gasteiger partial charge in [0.2, 0.25) is 5.76 Å². The summed E-state index contributed by atoms with van der Waals surface area (Å²) in [4.78, 5) is 28.9. The highest BCUT2D eigenvalue weighted by molar-refractivity contribution is 5.99. The molecule has 0 radical (unpaired) electrons. The third-order valence-electron chi connectivity index (χ3n) is 6.54. The van der Waals surface area contributed by atoms with E-state index in [2.05, 4.69) is 6.58 Å². The Kier molecular flexibility index (Phi) is 6.57. The first-order valence-electron chi connectivity index (χ1n) is 12.4. The molecule has 1 atom stereocenters. The summed E-state index contributed by atoms with van der Waals surface area (Å²) in [5.74, 6) is 0.887. The van der Waals surface area contributed by atoms with Gasteiger partial charge in [0.25, 0.3) is 5.91 Å². The quantitative estimate of drug-likeness (QED) is 0.276. The Morgan fingerprint density at radius 3 is 2.51 bits per heavy atom. The molecule has 1 unspecified atom stereocenters. The molecule has 6 heteroatoms. The molecule has 0 spiro atoms. The molecule has 1 aliphatic heterocycles. The van der Waals surface area contributed by atoms with E-state index in [1.54, 1.807) is 11.0 Å². The molecular formula is C31H29NO5. The third-order valence-corrected chi connectivity index (χ3v) is 6.54. The van der Waals surface area contributed by atoms with Crippen molar-refractivity contribution in [1.29, 1.82) is 0 Å². The third kappa shape index (κ3) is 4.40. The van der Waals surface area contributed by atoms with Crippen LogP contribution in [-0.4, -0.2) is 24.0 Å². The van der Waals surface area contributed by atoms with Gasteiger partial charge in [-0.1, -0.05) is 48.5 Å². The van der Waals surface area contributed by atoms with Crippen molar-refractivity contribution < 1.29 is 18.7 Å². The number of aryl methyl sites for hydroxylation is 2. The lowest BCUT2D eigenvalue weighted by atomic mass is 9.97. The molecule has 1 aromatic heterocycles. The predicted octanol–water partition coefficient (Wildman–Crippen LogP) is 6.12. The van der Waals surface area contributed by atoms with E-state index in [-0.39, 0.29) is 23.6 Å². The number of benzene rings is 3. The fourth-order valence-corrected chi connectivity index (χ4v) is 4.97. The van der Waals surface area contributed by atoms with Gasteiger partial charge in [-0.2, -0.15) is 0 Å². The van der Waals surface area contributed by atoms with Crippen molar-refractivity contribution in [3.05, 3.63) is 117 Å². The number of hydrogen-bond donors (Lipinski definition) is 0. The molecule has 37 heavy (non-hydrogen) atoms. The van der Waals surface area contributed by atoms with Crippen LogP contribution in [0.15, 0.2) is 82.5 Å². The predicted molar refractivity (Wildman–Crippen MR) is 143 cm³/mol. The standard InChI is InChI=1S/C31H29NO5/c1-5-14-32-27(26-28(33)23-16-19(3)15-20(4)29(23)37-30(26)31(32)34)22-12-13-24(25(17-22)35-6-2)36-18-21-10-8-7-9-11-21/h5,7-13,15-17,27H,1,6,14,18H2,2-4H3. The van der Waals surface area contributed by atoms with Crippen molar-refractivity contribution >= 4 is 16.9 Å². The highest BCUT2D eigenvalue weighted by Gasteiger charge is 2.42. The van der Waals surface area contributed by atoms with Crippen LogP contribution in [0.5, 0.6) is 11.5 Å². The van der Waals surface area contributed by atoms with E-state index >= 15 is 0 Å². The second-order valence-electron chi connectivity index (χ2n) is 9.19. The van der Waals surface area contributed by atoms with E-state index in [9.17, 15) is 9.59 Å². The fourth-order valence-electron chi connectivity index (χ4n) is 4.97. The highest BCUT2D eigenvalue weighted by atomic mass is 16.5. The maximum Gasteiger partial charge on any atom is 0.291 e. The molecule has 1 aliphatic rings. The average Bonchev–Trinajstić information content (AvgIpc) is 3.17. The summed E-state index contributed by atoms with van der Waals surface area (Å²) in [6, 6.07) is 18.6. The Balaban J connectivity index is 1.62. The summed E-state index contributed by atoms with van der Waals surface area (Å²) in [5, 5.41) is 0.474. The average molecular weight is 496 g/mol. The van der Waals surface area contributed by atoms with Gasteiger partial charge in [-0.15, -0.1) is 6.58 Å². The minimum atomic E-state index is -0.635. The van der Waals surface area contributed by atoms with E-state index in [4.69, 9.17) is 13.9 Å². The maximum absolute atomic E-state index is 13.8. The van der Waals surface area contributed by atoms with Crippen molar-refractivity contribution in [2.45, 2.75) is 33.4 Å². The van der Waals surface area contributed by atoms with Crippen LogP contribution < -0.4 is 14.9 Å². The zero-order chi connectivity index (χ0) is 26.1. The van der Waals surface area contributed by atoms with Gasteiger partial charge in [0, 0.05) is 6.54 Å². The number of fused-ring (bicyclic) bond motifs is 2. The number of carbonyl (C=O) groups is 1. The van der Waals surface area contributed by atoms with Crippen LogP contribution in [0, 0.1) is 13.8 Å². The monoisotopic (exact) mass is 495 g/mol. The smallest absolute Gasteiger partial charge is 0.291 e. The molecule has 4 aromatic rings. The molecule has 2 heterocycles. The number of amides is 1. The van der Waals surface area contributed by atoms with Crippen molar-refractivity contribution in [2.24, 2.45) is 0 Å². The fraction of sp³-hybridized carbons (Fsp3) is 0.226. The molecule has 0 fully saturated rings. The topological polar surface area (TPSA) is 69.0 Å². The SMILES string of the molecule is C=CCN1C(=O)c2oc3c(C)cc(C)cc3c(=O)c2C1c1ccc(OCc2ccccc2)c(OCC)c1. The molecule has 0 bridgehead atoms. The van der Waals surface area contributed by atoms with Gasteiger partial charge in [-0.3, -0.25) is 9.59 Å². The second-order valence-corrected chi connectivity index (χ2v) is 9.19. The van der Waals surface area contributed by atoms with Crippen molar-refractivity contribution in [3.8, 4) is 11.5 Å². The number of nitrogens with zero attached hydrogens (tertiary/aromatic N) is 1. The molecule has 0 N–H and O–H groups in total. The van der Waals surface area contributed by atoms with Crippen LogP contribution in [0.4, 0.5) is 0 Å². The molecule has 6 nitrogen and oxygen atoms in total. The second kappa shape index (κ2) is 9.97. The van der Waals surface area contributed by atoms with Gasteiger partial charge < -0.3 is 18.8 Å². The lowest BCUT2D eigenvalue weighted by molar-refractivity contribution is 0.0748. The first-order valence-corrected chi connectivity index (χ1v) is 12.4. The van der Waals surface area contributed by atoms with Gasteiger partial charge in [-0.25, -0.2) is 0 Å². The van der Waals surface area contributed by atoms with Gasteiger partial charge >= 0.3 is 0 Å². The Morgan fingerprint density at radius 2 is 1.78 bits per heavy atom. The molecule has 5 rings (SSSR count). The Bertz CT molecular complexity index is 1550. The number of ether oxygens (including phenoxy) is 2. The van der Waals surface area contributed by atoms with Crippen molar-refractivity contribution in [2.75, 3.05) is 13.2 Å². The number of rotatable bonds is 8. The van der Waals surface area contributed by atoms with Crippen molar-refractivity contribution in [3.63, 3.8) is 0 Å². The van der Waals surface area contributed by atoms with Crippen LogP contribution >= 0.6 is 0 Å². The number of carbonyl (C=O) groups excluding carboxylic acids is 1. The summed E-state index contributed by atoms with van der Waals surface area (Å²) in [7, 11) is 0. The van der Waals surface area contributed by atoms with Crippen LogP contribution in [0.25, 0.3) is 11.0 Å². The summed E-state index contributed by atoms with van der Waals surface area (Å²) in [6.45, 7) is 10.6. The molecule has 0 aliphatic carbocycles. The molecule has 1 amide bonds. The van der Waals surface area contributed by atoms with Gasteiger partial charge in [0.15, 0.2) is 16.9 Å². The van der Waals surface area contributed by atoms with Crippen LogP contribution in [0.2, 0.25) is 0 Å². The zero-order valence-corrected chi connectivity index (χ0v) is 21.2. The van der Waals surface area contributed by atoms with Gasteiger partial charge in [-0.05, 0) is 61.2 Å². The van der Waals surface area contributed by atoms with E-state index < -0.39 is 6.04 Å². The molecule has 0 saturated heterocycles. The largest absolute Gasteiger partial charge is 0.490 e. The Morgan fingerprint density at radius 1 is 1.00 bits per heavy atom. The molecule has 3 aromatic carbocycles. The lowest BCUT2D eigenvalue weighted by Crippen LogP contribution is -2.29. The van der Waals surface area contributed by atoms with Crippen LogP contribution in [0.3, 0.4) is 0 Å². The normalized spacial score (nSPS) is 14.6. The first-order chi connectivity index (χ1) is 17.9. The molecule has 0 saturated carbocycles. The summed E-state index contributed by atoms with van der Waals surface area (Å²) in [6.07, 6.45) is 1.65. The maximum atomic E-state index is 13.8. The summed E-state index contributed by atoms with van der Waals surface area (Å²) >= 11 is 0. The summed E-state index contributed by atoms with van der Waals surface area (Å²) in [5.41, 5.74) is 4.14. The molecular weight excluding hydrogens is 466 g/mol. The Hall–Kier alpha value is -4.32. The lowest BCUT2D eigenvalue weighted by Gasteiger charge is -2.24. The minimum absolute atomic E-state index is 0.0821. The van der Waals surface area contributed by atoms with E-state index in [1.165, 1.54) is 0 Å².